The molecule has 3 heterocycles. The predicted molar refractivity (Wildman–Crippen MR) is 102 cm³/mol. The molecule has 0 amide bonds. The molecule has 4 heteroatoms. The molecule has 0 aliphatic carbocycles. The van der Waals surface area contributed by atoms with Crippen molar-refractivity contribution in [2.75, 3.05) is 59.5 Å². The van der Waals surface area contributed by atoms with Gasteiger partial charge in [0.1, 0.15) is 0 Å². The molecule has 1 aromatic carbocycles. The lowest BCUT2D eigenvalue weighted by Crippen LogP contribution is -2.49. The topological polar surface area (TPSA) is 19.0 Å². The van der Waals surface area contributed by atoms with Crippen molar-refractivity contribution in [3.05, 3.63) is 35.4 Å². The summed E-state index contributed by atoms with van der Waals surface area (Å²) in [5.74, 6) is 1.51. The molecular formula is C21H33N3O. The highest BCUT2D eigenvalue weighted by atomic mass is 16.5. The van der Waals surface area contributed by atoms with Gasteiger partial charge in [-0.05, 0) is 38.4 Å². The van der Waals surface area contributed by atoms with E-state index in [0.29, 0.717) is 6.10 Å². The second kappa shape index (κ2) is 7.75. The molecule has 4 nitrogen and oxygen atoms in total. The molecule has 3 saturated heterocycles. The van der Waals surface area contributed by atoms with Gasteiger partial charge in [-0.3, -0.25) is 9.80 Å². The Bertz CT molecular complexity index is 553. The summed E-state index contributed by atoms with van der Waals surface area (Å²) in [5, 5.41) is 0. The maximum atomic E-state index is 6.26. The molecule has 0 unspecified atom stereocenters. The van der Waals surface area contributed by atoms with E-state index in [0.717, 1.165) is 31.5 Å². The van der Waals surface area contributed by atoms with Crippen molar-refractivity contribution in [2.24, 2.45) is 11.8 Å². The largest absolute Gasteiger partial charge is 0.376 e. The van der Waals surface area contributed by atoms with Crippen LogP contribution in [0.1, 0.15) is 17.5 Å². The fourth-order valence-electron chi connectivity index (χ4n) is 4.73. The van der Waals surface area contributed by atoms with Gasteiger partial charge in [-0.2, -0.15) is 0 Å². The summed E-state index contributed by atoms with van der Waals surface area (Å²) in [6.07, 6.45) is 1.77. The zero-order chi connectivity index (χ0) is 17.2. The van der Waals surface area contributed by atoms with Crippen LogP contribution in [0.25, 0.3) is 0 Å². The molecule has 3 aliphatic rings. The minimum Gasteiger partial charge on any atom is -0.376 e. The van der Waals surface area contributed by atoms with Gasteiger partial charge in [-0.25, -0.2) is 0 Å². The van der Waals surface area contributed by atoms with Gasteiger partial charge in [0.05, 0.1) is 12.7 Å². The van der Waals surface area contributed by atoms with Crippen molar-refractivity contribution < 1.29 is 4.74 Å². The summed E-state index contributed by atoms with van der Waals surface area (Å²) in [6.45, 7) is 12.6. The molecule has 3 fully saturated rings. The molecule has 0 N–H and O–H groups in total. The third-order valence-electron chi connectivity index (χ3n) is 6.44. The van der Waals surface area contributed by atoms with Crippen LogP contribution >= 0.6 is 0 Å². The van der Waals surface area contributed by atoms with Crippen molar-refractivity contribution in [1.82, 2.24) is 14.7 Å². The van der Waals surface area contributed by atoms with E-state index in [4.69, 9.17) is 4.74 Å². The lowest BCUT2D eigenvalue weighted by molar-refractivity contribution is 0.0351. The summed E-state index contributed by atoms with van der Waals surface area (Å²) in [7, 11) is 2.23. The number of piperazine rings is 1. The minimum atomic E-state index is 0.468. The molecule has 0 aromatic heterocycles. The lowest BCUT2D eigenvalue weighted by Gasteiger charge is -2.38. The molecule has 3 aliphatic heterocycles. The fraction of sp³-hybridized carbons (Fsp3) is 0.714. The predicted octanol–water partition coefficient (Wildman–Crippen LogP) is 2.08. The smallest absolute Gasteiger partial charge is 0.0734 e. The van der Waals surface area contributed by atoms with E-state index in [9.17, 15) is 0 Å². The van der Waals surface area contributed by atoms with Gasteiger partial charge >= 0.3 is 0 Å². The molecule has 0 radical (unpaired) electrons. The highest BCUT2D eigenvalue weighted by Gasteiger charge is 2.41. The number of benzene rings is 1. The fourth-order valence-corrected chi connectivity index (χ4v) is 4.73. The van der Waals surface area contributed by atoms with Crippen LogP contribution < -0.4 is 0 Å². The number of fused-ring (bicyclic) bond motifs is 1. The van der Waals surface area contributed by atoms with E-state index in [1.807, 2.05) is 0 Å². The first-order valence-corrected chi connectivity index (χ1v) is 9.98. The van der Waals surface area contributed by atoms with Gasteiger partial charge in [-0.15, -0.1) is 0 Å². The zero-order valence-electron chi connectivity index (χ0n) is 15.9. The number of piperidine rings is 1. The summed E-state index contributed by atoms with van der Waals surface area (Å²) in [6, 6.07) is 9.02. The molecule has 0 saturated carbocycles. The zero-order valence-corrected chi connectivity index (χ0v) is 15.9. The molecule has 1 aromatic rings. The third-order valence-corrected chi connectivity index (χ3v) is 6.44. The van der Waals surface area contributed by atoms with Crippen molar-refractivity contribution >= 4 is 0 Å². The van der Waals surface area contributed by atoms with Gasteiger partial charge in [0.2, 0.25) is 0 Å². The third kappa shape index (κ3) is 4.25. The molecule has 25 heavy (non-hydrogen) atoms. The number of likely N-dealkylation sites (tertiary alicyclic amines) is 1. The second-order valence-corrected chi connectivity index (χ2v) is 8.41. The van der Waals surface area contributed by atoms with Crippen LogP contribution in [0, 0.1) is 18.8 Å². The van der Waals surface area contributed by atoms with Crippen LogP contribution in [0.4, 0.5) is 0 Å². The summed E-state index contributed by atoms with van der Waals surface area (Å²) in [4.78, 5) is 7.68. The highest BCUT2D eigenvalue weighted by Crippen LogP contribution is 2.35. The van der Waals surface area contributed by atoms with Crippen LogP contribution in [-0.2, 0) is 11.3 Å². The number of aryl methyl sites for hydroxylation is 1. The molecule has 3 atom stereocenters. The highest BCUT2D eigenvalue weighted by molar-refractivity contribution is 5.21. The van der Waals surface area contributed by atoms with Crippen molar-refractivity contribution in [2.45, 2.75) is 26.0 Å². The van der Waals surface area contributed by atoms with Crippen LogP contribution in [0.2, 0.25) is 0 Å². The quantitative estimate of drug-likeness (QED) is 0.833. The van der Waals surface area contributed by atoms with E-state index in [1.165, 1.54) is 56.8 Å². The van der Waals surface area contributed by atoms with E-state index in [-0.39, 0.29) is 0 Å². The van der Waals surface area contributed by atoms with E-state index < -0.39 is 0 Å². The molecular weight excluding hydrogens is 310 g/mol. The number of likely N-dealkylation sites (N-methyl/N-ethyl adjacent to an activating group) is 1. The minimum absolute atomic E-state index is 0.468. The first-order valence-electron chi connectivity index (χ1n) is 9.98. The molecule has 4 rings (SSSR count). The Kier molecular flexibility index (Phi) is 5.41. The normalized spacial score (nSPS) is 32.0. The summed E-state index contributed by atoms with van der Waals surface area (Å²) >= 11 is 0. The van der Waals surface area contributed by atoms with Crippen molar-refractivity contribution in [3.63, 3.8) is 0 Å². The summed E-state index contributed by atoms with van der Waals surface area (Å²) in [5.41, 5.74) is 2.79. The Hall–Kier alpha value is -0.940. The molecule has 0 spiro atoms. The standard InChI is InChI=1S/C21H33N3O/c1-17-3-5-18(6-4-17)13-24-8-7-20-19(14-24)16-25-21(20)15-23-11-9-22(2)10-12-23/h3-6,19-21H,7-16H2,1-2H3/t19-,20-,21+/m1/s1. The Morgan fingerprint density at radius 1 is 1.00 bits per heavy atom. The number of nitrogens with zero attached hydrogens (tertiary/aromatic N) is 3. The maximum absolute atomic E-state index is 6.26. The molecule has 0 bridgehead atoms. The van der Waals surface area contributed by atoms with Crippen LogP contribution in [0.15, 0.2) is 24.3 Å². The first-order chi connectivity index (χ1) is 12.2. The van der Waals surface area contributed by atoms with Crippen LogP contribution in [0.5, 0.6) is 0 Å². The summed E-state index contributed by atoms with van der Waals surface area (Å²) < 4.78 is 6.26. The number of rotatable bonds is 4. The van der Waals surface area contributed by atoms with Gasteiger partial charge in [0.15, 0.2) is 0 Å². The average Bonchev–Trinajstić information content (AvgIpc) is 3.01. The Morgan fingerprint density at radius 2 is 1.76 bits per heavy atom. The number of hydrogen-bond donors (Lipinski definition) is 0. The van der Waals surface area contributed by atoms with Crippen molar-refractivity contribution in [3.8, 4) is 0 Å². The van der Waals surface area contributed by atoms with E-state index >= 15 is 0 Å². The SMILES string of the molecule is Cc1ccc(CN2CC[C@@H]3[C@@H](CO[C@H]3CN3CCN(C)CC3)C2)cc1. The van der Waals surface area contributed by atoms with E-state index in [2.05, 4.69) is 52.9 Å². The lowest BCUT2D eigenvalue weighted by atomic mass is 9.84. The Labute approximate surface area is 152 Å². The van der Waals surface area contributed by atoms with Gasteiger partial charge in [0, 0.05) is 51.7 Å². The van der Waals surface area contributed by atoms with Crippen molar-refractivity contribution in [1.29, 1.82) is 0 Å². The van der Waals surface area contributed by atoms with Gasteiger partial charge in [-0.1, -0.05) is 29.8 Å². The monoisotopic (exact) mass is 343 g/mol. The number of ether oxygens (including phenoxy) is 1. The van der Waals surface area contributed by atoms with Crippen LogP contribution in [0.3, 0.4) is 0 Å². The Morgan fingerprint density at radius 3 is 2.52 bits per heavy atom. The van der Waals surface area contributed by atoms with E-state index in [1.54, 1.807) is 0 Å². The number of hydrogen-bond acceptors (Lipinski definition) is 4. The van der Waals surface area contributed by atoms with Crippen LogP contribution in [-0.4, -0.2) is 80.3 Å². The first kappa shape index (κ1) is 17.5. The Balaban J connectivity index is 1.28. The maximum Gasteiger partial charge on any atom is 0.0734 e. The second-order valence-electron chi connectivity index (χ2n) is 8.41. The van der Waals surface area contributed by atoms with Gasteiger partial charge in [0.25, 0.3) is 0 Å². The average molecular weight is 344 g/mol. The molecule has 138 valence electrons. The van der Waals surface area contributed by atoms with Gasteiger partial charge < -0.3 is 9.64 Å².